The minimum Gasteiger partial charge on any atom is -0.462 e. The normalized spacial score (nSPS) is 14.1. The number of nitrogens with two attached hydrogens (primary N) is 1. The Labute approximate surface area is 347 Å². The van der Waals surface area contributed by atoms with Crippen molar-refractivity contribution < 1.29 is 37.6 Å². The van der Waals surface area contributed by atoms with Gasteiger partial charge >= 0.3 is 19.8 Å². The number of ether oxygens (including phenoxy) is 2. The summed E-state index contributed by atoms with van der Waals surface area (Å²) in [5.74, 6) is -0.941. The Morgan fingerprint density at radius 1 is 0.526 bits per heavy atom. The zero-order chi connectivity index (χ0) is 41.8. The molecule has 0 aliphatic rings. The van der Waals surface area contributed by atoms with E-state index in [2.05, 4.69) is 86.8 Å². The zero-order valence-electron chi connectivity index (χ0n) is 35.8. The van der Waals surface area contributed by atoms with Crippen LogP contribution in [0.4, 0.5) is 0 Å². The first-order chi connectivity index (χ1) is 27.8. The van der Waals surface area contributed by atoms with Crippen LogP contribution >= 0.6 is 7.82 Å². The minimum absolute atomic E-state index is 0.0367. The fraction of sp³-hybridized carbons (Fsp3) is 0.660. The molecule has 0 aromatic carbocycles. The molecule has 0 saturated heterocycles. The van der Waals surface area contributed by atoms with Crippen LogP contribution in [0.25, 0.3) is 0 Å². The number of unbranched alkanes of at least 4 members (excludes halogenated alkanes) is 13. The Hall–Kier alpha value is -2.81. The predicted molar refractivity (Wildman–Crippen MR) is 238 cm³/mol. The third kappa shape index (κ3) is 42.6. The molecule has 0 fully saturated rings. The van der Waals surface area contributed by atoms with E-state index < -0.39 is 32.5 Å². The molecule has 10 heteroatoms. The summed E-state index contributed by atoms with van der Waals surface area (Å²) in [7, 11) is -4.40. The van der Waals surface area contributed by atoms with Crippen molar-refractivity contribution in [3.05, 3.63) is 85.1 Å². The Balaban J connectivity index is 4.30. The van der Waals surface area contributed by atoms with Gasteiger partial charge in [0.1, 0.15) is 6.61 Å². The molecule has 0 spiro atoms. The number of phosphoric acid groups is 1. The number of esters is 2. The highest BCUT2D eigenvalue weighted by molar-refractivity contribution is 7.47. The highest BCUT2D eigenvalue weighted by atomic mass is 31.2. The molecule has 326 valence electrons. The van der Waals surface area contributed by atoms with E-state index in [1.165, 1.54) is 70.6 Å². The highest BCUT2D eigenvalue weighted by Crippen LogP contribution is 2.43. The number of hydrogen-bond acceptors (Lipinski definition) is 8. The van der Waals surface area contributed by atoms with E-state index in [0.717, 1.165) is 57.8 Å². The monoisotopic (exact) mass is 818 g/mol. The molecule has 0 rings (SSSR count). The van der Waals surface area contributed by atoms with Gasteiger partial charge < -0.3 is 20.1 Å². The fourth-order valence-corrected chi connectivity index (χ4v) is 6.23. The van der Waals surface area contributed by atoms with Crippen molar-refractivity contribution in [3.8, 4) is 0 Å². The molecule has 0 aromatic heterocycles. The van der Waals surface area contributed by atoms with Gasteiger partial charge in [0.2, 0.25) is 0 Å². The van der Waals surface area contributed by atoms with Crippen LogP contribution < -0.4 is 5.73 Å². The van der Waals surface area contributed by atoms with Crippen molar-refractivity contribution in [2.75, 3.05) is 26.4 Å². The van der Waals surface area contributed by atoms with Crippen LogP contribution in [-0.4, -0.2) is 49.3 Å². The van der Waals surface area contributed by atoms with Gasteiger partial charge in [0.05, 0.1) is 13.2 Å². The first-order valence-corrected chi connectivity index (χ1v) is 23.6. The topological polar surface area (TPSA) is 134 Å². The van der Waals surface area contributed by atoms with Crippen molar-refractivity contribution in [2.45, 2.75) is 174 Å². The molecule has 0 saturated carbocycles. The molecule has 0 bridgehead atoms. The molecule has 1 unspecified atom stereocenters. The summed E-state index contributed by atoms with van der Waals surface area (Å²) < 4.78 is 32.7. The largest absolute Gasteiger partial charge is 0.472 e. The maximum absolute atomic E-state index is 12.6. The summed E-state index contributed by atoms with van der Waals surface area (Å²) in [5, 5.41) is 0. The summed E-state index contributed by atoms with van der Waals surface area (Å²) in [4.78, 5) is 34.9. The quantitative estimate of drug-likeness (QED) is 0.0268. The minimum atomic E-state index is -4.40. The average molecular weight is 818 g/mol. The van der Waals surface area contributed by atoms with E-state index in [1.54, 1.807) is 0 Å². The lowest BCUT2D eigenvalue weighted by atomic mass is 10.1. The molecular weight excluding hydrogens is 737 g/mol. The van der Waals surface area contributed by atoms with E-state index in [0.29, 0.717) is 12.8 Å². The summed E-state index contributed by atoms with van der Waals surface area (Å²) in [6, 6.07) is 0. The number of carbonyl (C=O) groups excluding carboxylic acids is 2. The van der Waals surface area contributed by atoms with Gasteiger partial charge in [0.15, 0.2) is 6.10 Å². The molecule has 3 N–H and O–H groups in total. The molecule has 0 aliphatic heterocycles. The molecule has 0 aromatic rings. The predicted octanol–water partition coefficient (Wildman–Crippen LogP) is 12.8. The number of rotatable bonds is 40. The van der Waals surface area contributed by atoms with Gasteiger partial charge in [-0.3, -0.25) is 18.6 Å². The van der Waals surface area contributed by atoms with E-state index in [1.807, 2.05) is 12.2 Å². The lowest BCUT2D eigenvalue weighted by Crippen LogP contribution is -2.29. The average Bonchev–Trinajstić information content (AvgIpc) is 3.20. The molecule has 0 heterocycles. The van der Waals surface area contributed by atoms with Crippen molar-refractivity contribution >= 4 is 19.8 Å². The van der Waals surface area contributed by atoms with E-state index in [-0.39, 0.29) is 32.6 Å². The Morgan fingerprint density at radius 3 is 1.42 bits per heavy atom. The highest BCUT2D eigenvalue weighted by Gasteiger charge is 2.25. The standard InChI is InChI=1S/C47H80NO8P/c1-3-5-7-9-11-13-15-17-19-21-22-24-26-28-30-32-34-36-38-40-47(50)56-45(44-55-57(51,52)54-42-41-48)43-53-46(49)39-37-35-33-31-29-27-25-23-20-18-16-14-12-10-8-6-4-2/h11-14,17-20,22,24,28,30,34,36,45H,3-10,15-16,21,23,25-27,29,31-33,35,37-44,48H2,1-2H3,(H,51,52)/t45-/m1/s1. The van der Waals surface area contributed by atoms with Crippen LogP contribution in [0.1, 0.15) is 168 Å². The summed E-state index contributed by atoms with van der Waals surface area (Å²) in [6.45, 7) is 3.57. The molecule has 0 aliphatic carbocycles. The first-order valence-electron chi connectivity index (χ1n) is 22.1. The van der Waals surface area contributed by atoms with Crippen LogP contribution in [0.15, 0.2) is 85.1 Å². The van der Waals surface area contributed by atoms with Gasteiger partial charge in [-0.1, -0.05) is 157 Å². The number of hydrogen-bond donors (Lipinski definition) is 2. The smallest absolute Gasteiger partial charge is 0.462 e. The van der Waals surface area contributed by atoms with Gasteiger partial charge in [-0.05, 0) is 83.5 Å². The maximum Gasteiger partial charge on any atom is 0.472 e. The second-order valence-corrected chi connectivity index (χ2v) is 15.7. The molecular formula is C47H80NO8P. The molecule has 0 amide bonds. The second-order valence-electron chi connectivity index (χ2n) is 14.2. The lowest BCUT2D eigenvalue weighted by Gasteiger charge is -2.19. The third-order valence-corrected chi connectivity index (χ3v) is 9.75. The van der Waals surface area contributed by atoms with Gasteiger partial charge in [-0.25, -0.2) is 4.57 Å². The van der Waals surface area contributed by atoms with E-state index >= 15 is 0 Å². The third-order valence-electron chi connectivity index (χ3n) is 8.77. The molecule has 9 nitrogen and oxygen atoms in total. The van der Waals surface area contributed by atoms with Crippen molar-refractivity contribution in [1.29, 1.82) is 0 Å². The Bertz CT molecular complexity index is 1210. The first kappa shape index (κ1) is 54.2. The SMILES string of the molecule is CCCCCC=CCC=CCC=CCC=CCC=CCCC(=O)O[C@H](COC(=O)CCCCCCCCCC=CCC=CCCCCC)COP(=O)(O)OCCN. The fourth-order valence-electron chi connectivity index (χ4n) is 5.47. The molecule has 2 atom stereocenters. The molecule has 57 heavy (non-hydrogen) atoms. The molecule has 0 radical (unpaired) electrons. The van der Waals surface area contributed by atoms with Crippen molar-refractivity contribution in [1.82, 2.24) is 0 Å². The summed E-state index contributed by atoms with van der Waals surface area (Å²) >= 11 is 0. The number of phosphoric ester groups is 1. The van der Waals surface area contributed by atoms with Crippen LogP contribution in [0, 0.1) is 0 Å². The number of carbonyl (C=O) groups is 2. The van der Waals surface area contributed by atoms with Crippen LogP contribution in [0.5, 0.6) is 0 Å². The van der Waals surface area contributed by atoms with Crippen molar-refractivity contribution in [3.63, 3.8) is 0 Å². The summed E-state index contributed by atoms with van der Waals surface area (Å²) in [6.07, 6.45) is 53.4. The van der Waals surface area contributed by atoms with Crippen molar-refractivity contribution in [2.24, 2.45) is 5.73 Å². The zero-order valence-corrected chi connectivity index (χ0v) is 36.7. The van der Waals surface area contributed by atoms with Gasteiger partial charge in [-0.2, -0.15) is 0 Å². The van der Waals surface area contributed by atoms with Gasteiger partial charge in [0.25, 0.3) is 0 Å². The van der Waals surface area contributed by atoms with Gasteiger partial charge in [-0.15, -0.1) is 0 Å². The van der Waals surface area contributed by atoms with Crippen LogP contribution in [0.2, 0.25) is 0 Å². The van der Waals surface area contributed by atoms with E-state index in [9.17, 15) is 19.0 Å². The van der Waals surface area contributed by atoms with E-state index in [4.69, 9.17) is 24.3 Å². The van der Waals surface area contributed by atoms with Crippen LogP contribution in [-0.2, 0) is 32.7 Å². The lowest BCUT2D eigenvalue weighted by molar-refractivity contribution is -0.161. The Morgan fingerprint density at radius 2 is 0.947 bits per heavy atom. The second kappa shape index (κ2) is 42.8. The van der Waals surface area contributed by atoms with Gasteiger partial charge in [0, 0.05) is 19.4 Å². The summed E-state index contributed by atoms with van der Waals surface area (Å²) in [5.41, 5.74) is 5.34. The van der Waals surface area contributed by atoms with Crippen LogP contribution in [0.3, 0.4) is 0 Å². The Kier molecular flexibility index (Phi) is 40.7. The number of allylic oxidation sites excluding steroid dienone is 14. The maximum atomic E-state index is 12.6.